The monoisotopic (exact) mass is 337 g/mol. The summed E-state index contributed by atoms with van der Waals surface area (Å²) < 4.78 is 4.87. The highest BCUT2D eigenvalue weighted by atomic mass is 35.5. The molecular formula is C16H16ClNO3S. The van der Waals surface area contributed by atoms with Crippen molar-refractivity contribution in [3.8, 4) is 11.1 Å². The number of halogens is 1. The van der Waals surface area contributed by atoms with Crippen LogP contribution in [0.25, 0.3) is 11.1 Å². The number of hydrogen-bond acceptors (Lipinski definition) is 4. The van der Waals surface area contributed by atoms with Crippen LogP contribution in [0.2, 0.25) is 0 Å². The molecule has 0 saturated heterocycles. The summed E-state index contributed by atoms with van der Waals surface area (Å²) in [6, 6.07) is 6.02. The molecule has 0 aliphatic carbocycles. The minimum Gasteiger partial charge on any atom is -0.465 e. The Morgan fingerprint density at radius 2 is 2.00 bits per heavy atom. The van der Waals surface area contributed by atoms with E-state index in [-0.39, 0.29) is 11.8 Å². The van der Waals surface area contributed by atoms with Gasteiger partial charge < -0.3 is 10.1 Å². The van der Waals surface area contributed by atoms with Gasteiger partial charge in [0.15, 0.2) is 0 Å². The molecule has 1 N–H and O–H groups in total. The normalized spacial score (nSPS) is 10.4. The van der Waals surface area contributed by atoms with Crippen molar-refractivity contribution in [2.75, 3.05) is 18.3 Å². The molecule has 0 unspecified atom stereocenters. The predicted octanol–water partition coefficient (Wildman–Crippen LogP) is 4.00. The second-order valence-corrected chi connectivity index (χ2v) is 5.99. The van der Waals surface area contributed by atoms with Crippen molar-refractivity contribution in [3.05, 3.63) is 40.3 Å². The summed E-state index contributed by atoms with van der Waals surface area (Å²) in [5, 5.41) is 4.94. The highest BCUT2D eigenvalue weighted by molar-refractivity contribution is 7.15. The smallest absolute Gasteiger partial charge is 0.341 e. The molecule has 2 aromatic rings. The maximum absolute atomic E-state index is 12.2. The van der Waals surface area contributed by atoms with Gasteiger partial charge in [0.25, 0.3) is 0 Å². The third-order valence-electron chi connectivity index (χ3n) is 3.24. The van der Waals surface area contributed by atoms with Gasteiger partial charge in [-0.05, 0) is 25.0 Å². The lowest BCUT2D eigenvalue weighted by atomic mass is 9.97. The van der Waals surface area contributed by atoms with Crippen LogP contribution in [-0.2, 0) is 9.53 Å². The van der Waals surface area contributed by atoms with Gasteiger partial charge in [-0.2, -0.15) is 0 Å². The quantitative estimate of drug-likeness (QED) is 0.677. The van der Waals surface area contributed by atoms with Crippen LogP contribution < -0.4 is 5.32 Å². The van der Waals surface area contributed by atoms with E-state index in [1.54, 1.807) is 0 Å². The number of carbonyl (C=O) groups excluding carboxylic acids is 2. The molecule has 6 heteroatoms. The number of nitrogens with one attached hydrogen (secondary N) is 1. The molecule has 0 spiro atoms. The number of rotatable bonds is 4. The predicted molar refractivity (Wildman–Crippen MR) is 89.9 cm³/mol. The number of alkyl halides is 1. The van der Waals surface area contributed by atoms with E-state index in [0.29, 0.717) is 10.6 Å². The number of thiophene rings is 1. The van der Waals surface area contributed by atoms with Crippen LogP contribution in [0.3, 0.4) is 0 Å². The molecule has 1 aromatic carbocycles. The summed E-state index contributed by atoms with van der Waals surface area (Å²) in [7, 11) is 1.32. The number of anilines is 1. The first-order valence-corrected chi connectivity index (χ1v) is 8.02. The first-order chi connectivity index (χ1) is 10.5. The standard InChI is InChI=1S/C16H16ClNO3S/c1-9-4-5-10(2)11(6-9)12-8-22-15(18-13(19)7-17)14(12)16(20)21-3/h4-6,8H,7H2,1-3H3,(H,18,19). The van der Waals surface area contributed by atoms with Crippen LogP contribution in [0.4, 0.5) is 5.00 Å². The molecule has 0 fully saturated rings. The molecule has 1 amide bonds. The minimum atomic E-state index is -0.484. The van der Waals surface area contributed by atoms with E-state index in [1.165, 1.54) is 18.4 Å². The van der Waals surface area contributed by atoms with E-state index < -0.39 is 5.97 Å². The Morgan fingerprint density at radius 3 is 2.64 bits per heavy atom. The number of benzene rings is 1. The number of methoxy groups -OCH3 is 1. The molecule has 0 saturated carbocycles. The summed E-state index contributed by atoms with van der Waals surface area (Å²) in [6.07, 6.45) is 0. The molecule has 0 bridgehead atoms. The van der Waals surface area contributed by atoms with Gasteiger partial charge in [-0.1, -0.05) is 23.8 Å². The molecule has 22 heavy (non-hydrogen) atoms. The average Bonchev–Trinajstić information content (AvgIpc) is 2.92. The number of carbonyl (C=O) groups is 2. The second kappa shape index (κ2) is 6.94. The minimum absolute atomic E-state index is 0.169. The lowest BCUT2D eigenvalue weighted by Gasteiger charge is -2.09. The fourth-order valence-corrected chi connectivity index (χ4v) is 3.17. The number of hydrogen-bond donors (Lipinski definition) is 1. The van der Waals surface area contributed by atoms with E-state index in [1.807, 2.05) is 37.4 Å². The van der Waals surface area contributed by atoms with Crippen molar-refractivity contribution in [1.82, 2.24) is 0 Å². The van der Waals surface area contributed by atoms with E-state index in [0.717, 1.165) is 22.3 Å². The van der Waals surface area contributed by atoms with E-state index in [9.17, 15) is 9.59 Å². The molecule has 0 aliphatic heterocycles. The molecule has 0 aliphatic rings. The average molecular weight is 338 g/mol. The maximum Gasteiger partial charge on any atom is 0.341 e. The zero-order valence-corrected chi connectivity index (χ0v) is 14.1. The third kappa shape index (κ3) is 3.31. The van der Waals surface area contributed by atoms with Gasteiger partial charge in [0.05, 0.1) is 7.11 Å². The first kappa shape index (κ1) is 16.5. The Labute approximate surface area is 138 Å². The van der Waals surface area contributed by atoms with Crippen LogP contribution in [-0.4, -0.2) is 24.9 Å². The van der Waals surface area contributed by atoms with E-state index >= 15 is 0 Å². The zero-order chi connectivity index (χ0) is 16.3. The summed E-state index contributed by atoms with van der Waals surface area (Å²) in [4.78, 5) is 23.7. The van der Waals surface area contributed by atoms with E-state index in [4.69, 9.17) is 16.3 Å². The van der Waals surface area contributed by atoms with Crippen LogP contribution in [0.5, 0.6) is 0 Å². The molecule has 2 rings (SSSR count). The number of esters is 1. The summed E-state index contributed by atoms with van der Waals surface area (Å²) in [5.74, 6) is -1.01. The summed E-state index contributed by atoms with van der Waals surface area (Å²) >= 11 is 6.80. The number of amides is 1. The Balaban J connectivity index is 2.58. The Morgan fingerprint density at radius 1 is 1.27 bits per heavy atom. The molecule has 1 heterocycles. The topological polar surface area (TPSA) is 55.4 Å². The summed E-state index contributed by atoms with van der Waals surface area (Å²) in [6.45, 7) is 3.97. The van der Waals surface area contributed by atoms with Crippen LogP contribution in [0.1, 0.15) is 21.5 Å². The van der Waals surface area contributed by atoms with Gasteiger partial charge in [-0.15, -0.1) is 22.9 Å². The Bertz CT molecular complexity index is 724. The largest absolute Gasteiger partial charge is 0.465 e. The number of ether oxygens (including phenoxy) is 1. The van der Waals surface area contributed by atoms with Crippen molar-refractivity contribution >= 4 is 39.8 Å². The van der Waals surface area contributed by atoms with Crippen molar-refractivity contribution in [1.29, 1.82) is 0 Å². The van der Waals surface area contributed by atoms with Gasteiger partial charge in [-0.25, -0.2) is 4.79 Å². The van der Waals surface area contributed by atoms with Crippen LogP contribution in [0, 0.1) is 13.8 Å². The highest BCUT2D eigenvalue weighted by Crippen LogP contribution is 2.37. The van der Waals surface area contributed by atoms with Crippen molar-refractivity contribution < 1.29 is 14.3 Å². The van der Waals surface area contributed by atoms with Crippen molar-refractivity contribution in [2.45, 2.75) is 13.8 Å². The first-order valence-electron chi connectivity index (χ1n) is 6.61. The SMILES string of the molecule is COC(=O)c1c(-c2cc(C)ccc2C)csc1NC(=O)CCl. The van der Waals surface area contributed by atoms with Crippen LogP contribution >= 0.6 is 22.9 Å². The molecule has 0 radical (unpaired) electrons. The van der Waals surface area contributed by atoms with Gasteiger partial charge in [-0.3, -0.25) is 4.79 Å². The third-order valence-corrected chi connectivity index (χ3v) is 4.38. The lowest BCUT2D eigenvalue weighted by Crippen LogP contribution is -2.14. The number of aryl methyl sites for hydroxylation is 2. The van der Waals surface area contributed by atoms with E-state index in [2.05, 4.69) is 5.32 Å². The fraction of sp³-hybridized carbons (Fsp3) is 0.250. The van der Waals surface area contributed by atoms with Gasteiger partial charge in [0.2, 0.25) is 5.91 Å². The molecule has 4 nitrogen and oxygen atoms in total. The van der Waals surface area contributed by atoms with Crippen molar-refractivity contribution in [2.24, 2.45) is 0 Å². The zero-order valence-electron chi connectivity index (χ0n) is 12.5. The molecule has 0 atom stereocenters. The van der Waals surface area contributed by atoms with Gasteiger partial charge in [0, 0.05) is 10.9 Å². The molecule has 1 aromatic heterocycles. The molecular weight excluding hydrogens is 322 g/mol. The van der Waals surface area contributed by atoms with Crippen LogP contribution in [0.15, 0.2) is 23.6 Å². The maximum atomic E-state index is 12.2. The lowest BCUT2D eigenvalue weighted by molar-refractivity contribution is -0.113. The van der Waals surface area contributed by atoms with Crippen molar-refractivity contribution in [3.63, 3.8) is 0 Å². The summed E-state index contributed by atoms with van der Waals surface area (Å²) in [5.41, 5.74) is 4.20. The Hall–Kier alpha value is -1.85. The van der Waals surface area contributed by atoms with Gasteiger partial charge >= 0.3 is 5.97 Å². The van der Waals surface area contributed by atoms with Gasteiger partial charge in [0.1, 0.15) is 16.4 Å². The molecule has 116 valence electrons. The second-order valence-electron chi connectivity index (χ2n) is 4.85. The highest BCUT2D eigenvalue weighted by Gasteiger charge is 2.23. The fourth-order valence-electron chi connectivity index (χ4n) is 2.14. The Kier molecular flexibility index (Phi) is 5.21.